The lowest BCUT2D eigenvalue weighted by molar-refractivity contribution is 0.206. The topological polar surface area (TPSA) is 55.4 Å². The van der Waals surface area contributed by atoms with Gasteiger partial charge in [-0.25, -0.2) is 9.97 Å². The fourth-order valence-electron chi connectivity index (χ4n) is 2.79. The van der Waals surface area contributed by atoms with Crippen LogP contribution in [-0.4, -0.2) is 30.4 Å². The van der Waals surface area contributed by atoms with Crippen molar-refractivity contribution in [3.8, 4) is 0 Å². The molecule has 22 heavy (non-hydrogen) atoms. The average Bonchev–Trinajstić information content (AvgIpc) is 2.96. The van der Waals surface area contributed by atoms with E-state index in [2.05, 4.69) is 19.4 Å². The summed E-state index contributed by atoms with van der Waals surface area (Å²) in [7, 11) is 0. The minimum atomic E-state index is -0.110. The Balaban J connectivity index is 1.63. The molecular formula is C15H14ClN5O. The number of fused-ring (bicyclic) bond motifs is 2. The van der Waals surface area contributed by atoms with Crippen LogP contribution in [0.25, 0.3) is 5.65 Å². The van der Waals surface area contributed by atoms with Gasteiger partial charge in [-0.2, -0.15) is 0 Å². The maximum absolute atomic E-state index is 12.2. The van der Waals surface area contributed by atoms with Crippen molar-refractivity contribution in [2.24, 2.45) is 0 Å². The molecule has 0 N–H and O–H groups in total. The summed E-state index contributed by atoms with van der Waals surface area (Å²) >= 11 is 5.92. The van der Waals surface area contributed by atoms with Crippen molar-refractivity contribution >= 4 is 17.2 Å². The van der Waals surface area contributed by atoms with E-state index >= 15 is 0 Å². The molecule has 0 unspecified atom stereocenters. The Morgan fingerprint density at radius 3 is 3.09 bits per heavy atom. The number of imidazole rings is 1. The molecule has 1 aliphatic heterocycles. The van der Waals surface area contributed by atoms with Gasteiger partial charge in [-0.3, -0.25) is 14.1 Å². The van der Waals surface area contributed by atoms with Crippen molar-refractivity contribution in [2.75, 3.05) is 6.54 Å². The molecule has 0 aliphatic carbocycles. The molecule has 0 fully saturated rings. The van der Waals surface area contributed by atoms with Crippen molar-refractivity contribution in [1.82, 2.24) is 23.8 Å². The van der Waals surface area contributed by atoms with Gasteiger partial charge >= 0.3 is 0 Å². The number of halogens is 1. The zero-order valence-corrected chi connectivity index (χ0v) is 12.6. The molecule has 0 saturated carbocycles. The molecule has 112 valence electrons. The lowest BCUT2D eigenvalue weighted by Gasteiger charge is -2.27. The van der Waals surface area contributed by atoms with Crippen LogP contribution >= 0.6 is 11.6 Å². The number of nitrogens with zero attached hydrogens (tertiary/aromatic N) is 5. The summed E-state index contributed by atoms with van der Waals surface area (Å²) in [5.41, 5.74) is 1.28. The molecule has 4 rings (SSSR count). The van der Waals surface area contributed by atoms with E-state index in [1.165, 1.54) is 4.40 Å². The van der Waals surface area contributed by atoms with Crippen LogP contribution in [0.5, 0.6) is 0 Å². The molecule has 3 aromatic rings. The number of hydrogen-bond donors (Lipinski definition) is 0. The molecule has 3 aromatic heterocycles. The van der Waals surface area contributed by atoms with Crippen LogP contribution in [0.15, 0.2) is 41.6 Å². The molecule has 0 spiro atoms. The van der Waals surface area contributed by atoms with Gasteiger partial charge in [-0.1, -0.05) is 11.6 Å². The van der Waals surface area contributed by atoms with E-state index in [9.17, 15) is 4.79 Å². The van der Waals surface area contributed by atoms with Crippen LogP contribution in [0.2, 0.25) is 5.02 Å². The van der Waals surface area contributed by atoms with E-state index in [-0.39, 0.29) is 5.56 Å². The highest BCUT2D eigenvalue weighted by molar-refractivity contribution is 6.30. The number of pyridine rings is 1. The van der Waals surface area contributed by atoms with Crippen molar-refractivity contribution in [1.29, 1.82) is 0 Å². The van der Waals surface area contributed by atoms with E-state index < -0.39 is 0 Å². The number of rotatable bonds is 2. The predicted octanol–water partition coefficient (Wildman–Crippen LogP) is 1.56. The van der Waals surface area contributed by atoms with Crippen molar-refractivity contribution in [3.05, 3.63) is 63.7 Å². The smallest absolute Gasteiger partial charge is 0.258 e. The fourth-order valence-corrected chi connectivity index (χ4v) is 2.96. The zero-order valence-electron chi connectivity index (χ0n) is 11.8. The lowest BCUT2D eigenvalue weighted by Crippen LogP contribution is -2.34. The van der Waals surface area contributed by atoms with Gasteiger partial charge < -0.3 is 4.57 Å². The Kier molecular flexibility index (Phi) is 3.20. The summed E-state index contributed by atoms with van der Waals surface area (Å²) in [5.74, 6) is 1.05. The Bertz CT molecular complexity index is 900. The third kappa shape index (κ3) is 2.40. The van der Waals surface area contributed by atoms with Crippen molar-refractivity contribution in [2.45, 2.75) is 19.6 Å². The first-order valence-electron chi connectivity index (χ1n) is 7.09. The monoisotopic (exact) mass is 315 g/mol. The van der Waals surface area contributed by atoms with Crippen LogP contribution in [0.3, 0.4) is 0 Å². The minimum Gasteiger partial charge on any atom is -0.333 e. The van der Waals surface area contributed by atoms with Gasteiger partial charge in [0.1, 0.15) is 11.5 Å². The quantitative estimate of drug-likeness (QED) is 0.720. The van der Waals surface area contributed by atoms with Gasteiger partial charge in [-0.05, 0) is 12.1 Å². The molecular weight excluding hydrogens is 302 g/mol. The first-order chi connectivity index (χ1) is 10.7. The SMILES string of the molecule is O=c1cc(CN2CCn3ccnc3C2)nc2ccc(Cl)cn12. The van der Waals surface area contributed by atoms with Crippen LogP contribution in [0, 0.1) is 0 Å². The summed E-state index contributed by atoms with van der Waals surface area (Å²) in [6.45, 7) is 3.25. The summed E-state index contributed by atoms with van der Waals surface area (Å²) in [6.07, 6.45) is 5.41. The molecule has 0 bridgehead atoms. The largest absolute Gasteiger partial charge is 0.333 e. The standard InChI is InChI=1S/C15H14ClN5O/c16-11-1-2-13-18-12(7-15(22)21(13)8-11)9-19-5-6-20-4-3-17-14(20)10-19/h1-4,7-8H,5-6,9-10H2. The Labute approximate surface area is 131 Å². The third-order valence-electron chi connectivity index (χ3n) is 3.89. The molecule has 0 aromatic carbocycles. The first kappa shape index (κ1) is 13.5. The van der Waals surface area contributed by atoms with Gasteiger partial charge in [0.2, 0.25) is 0 Å². The molecule has 6 nitrogen and oxygen atoms in total. The maximum Gasteiger partial charge on any atom is 0.258 e. The van der Waals surface area contributed by atoms with Gasteiger partial charge in [0.15, 0.2) is 0 Å². The summed E-state index contributed by atoms with van der Waals surface area (Å²) in [5, 5.41) is 0.520. The average molecular weight is 316 g/mol. The Morgan fingerprint density at radius 1 is 1.27 bits per heavy atom. The van der Waals surface area contributed by atoms with E-state index in [1.54, 1.807) is 24.4 Å². The van der Waals surface area contributed by atoms with Gasteiger partial charge in [0.05, 0.1) is 17.3 Å². The van der Waals surface area contributed by atoms with Gasteiger partial charge in [0.25, 0.3) is 5.56 Å². The van der Waals surface area contributed by atoms with Crippen molar-refractivity contribution in [3.63, 3.8) is 0 Å². The highest BCUT2D eigenvalue weighted by Crippen LogP contribution is 2.13. The highest BCUT2D eigenvalue weighted by Gasteiger charge is 2.17. The van der Waals surface area contributed by atoms with Crippen LogP contribution in [-0.2, 0) is 19.6 Å². The summed E-state index contributed by atoms with van der Waals surface area (Å²) in [6, 6.07) is 5.07. The van der Waals surface area contributed by atoms with E-state index in [0.29, 0.717) is 17.2 Å². The second-order valence-electron chi connectivity index (χ2n) is 5.41. The fraction of sp³-hybridized carbons (Fsp3) is 0.267. The van der Waals surface area contributed by atoms with Crippen LogP contribution in [0.4, 0.5) is 0 Å². The molecule has 7 heteroatoms. The summed E-state index contributed by atoms with van der Waals surface area (Å²) in [4.78, 5) is 23.3. The number of aromatic nitrogens is 4. The van der Waals surface area contributed by atoms with Crippen molar-refractivity contribution < 1.29 is 0 Å². The third-order valence-corrected chi connectivity index (χ3v) is 4.11. The molecule has 1 aliphatic rings. The maximum atomic E-state index is 12.2. The summed E-state index contributed by atoms with van der Waals surface area (Å²) < 4.78 is 3.62. The lowest BCUT2D eigenvalue weighted by atomic mass is 10.3. The molecule has 0 radical (unpaired) electrons. The van der Waals surface area contributed by atoms with Crippen LogP contribution < -0.4 is 5.56 Å². The molecule has 0 atom stereocenters. The molecule has 4 heterocycles. The zero-order chi connectivity index (χ0) is 15.1. The highest BCUT2D eigenvalue weighted by atomic mass is 35.5. The number of hydrogen-bond acceptors (Lipinski definition) is 4. The van der Waals surface area contributed by atoms with Crippen LogP contribution in [0.1, 0.15) is 11.5 Å². The second kappa shape index (κ2) is 5.23. The Morgan fingerprint density at radius 2 is 2.18 bits per heavy atom. The Hall–Kier alpha value is -2.18. The minimum absolute atomic E-state index is 0.110. The molecule has 0 amide bonds. The van der Waals surface area contributed by atoms with Gasteiger partial charge in [0, 0.05) is 44.3 Å². The van der Waals surface area contributed by atoms with E-state index in [0.717, 1.165) is 31.2 Å². The first-order valence-corrected chi connectivity index (χ1v) is 7.47. The van der Waals surface area contributed by atoms with E-state index in [4.69, 9.17) is 11.6 Å². The molecule has 0 saturated heterocycles. The normalized spacial score (nSPS) is 15.1. The van der Waals surface area contributed by atoms with E-state index in [1.807, 2.05) is 12.4 Å². The van der Waals surface area contributed by atoms with Gasteiger partial charge in [-0.15, -0.1) is 0 Å². The predicted molar refractivity (Wildman–Crippen MR) is 82.8 cm³/mol. The second-order valence-corrected chi connectivity index (χ2v) is 5.85.